The summed E-state index contributed by atoms with van der Waals surface area (Å²) in [7, 11) is 1.47. The van der Waals surface area contributed by atoms with Crippen molar-refractivity contribution >= 4 is 57.8 Å². The van der Waals surface area contributed by atoms with Gasteiger partial charge >= 0.3 is 0 Å². The third kappa shape index (κ3) is 4.37. The highest BCUT2D eigenvalue weighted by atomic mass is 35.5. The zero-order valence-corrected chi connectivity index (χ0v) is 20.7. The normalized spacial score (nSPS) is 12.0. The van der Waals surface area contributed by atoms with Gasteiger partial charge in [-0.25, -0.2) is 0 Å². The number of carbonyl (C=O) groups excluding carboxylic acids is 2. The maximum Gasteiger partial charge on any atom is 0.263 e. The number of hydrogen-bond acceptors (Lipinski definition) is 4. The Balaban J connectivity index is 1.51. The zero-order chi connectivity index (χ0) is 25.2. The minimum Gasteiger partial charge on any atom is -0.495 e. The second-order valence-corrected chi connectivity index (χ2v) is 8.92. The van der Waals surface area contributed by atoms with E-state index in [1.54, 1.807) is 41.3 Å². The van der Waals surface area contributed by atoms with Gasteiger partial charge < -0.3 is 15.4 Å². The Morgan fingerprint density at radius 1 is 0.889 bits per heavy atom. The molecule has 36 heavy (non-hydrogen) atoms. The molecule has 5 rings (SSSR count). The topological polar surface area (TPSA) is 70.7 Å². The van der Waals surface area contributed by atoms with Crippen LogP contribution < -0.4 is 20.3 Å². The predicted octanol–water partition coefficient (Wildman–Crippen LogP) is 7.16. The molecule has 4 aromatic carbocycles. The van der Waals surface area contributed by atoms with Gasteiger partial charge in [0.25, 0.3) is 11.8 Å². The number of rotatable bonds is 4. The lowest BCUT2D eigenvalue weighted by atomic mass is 10.1. The van der Waals surface area contributed by atoms with Crippen molar-refractivity contribution in [2.45, 2.75) is 6.54 Å². The van der Waals surface area contributed by atoms with Crippen LogP contribution >= 0.6 is 23.2 Å². The lowest BCUT2D eigenvalue weighted by molar-refractivity contribution is 0.0997. The molecule has 0 bridgehead atoms. The number of anilines is 4. The quantitative estimate of drug-likeness (QED) is 0.301. The van der Waals surface area contributed by atoms with E-state index < -0.39 is 5.91 Å². The molecule has 0 saturated carbocycles. The average Bonchev–Trinajstić information content (AvgIpc) is 3.05. The van der Waals surface area contributed by atoms with Gasteiger partial charge in [-0.15, -0.1) is 0 Å². The van der Waals surface area contributed by atoms with Gasteiger partial charge in [0.1, 0.15) is 5.75 Å². The molecule has 0 spiro atoms. The van der Waals surface area contributed by atoms with E-state index in [4.69, 9.17) is 27.9 Å². The Bertz CT molecular complexity index is 1420. The summed E-state index contributed by atoms with van der Waals surface area (Å²) in [5, 5.41) is 6.65. The summed E-state index contributed by atoms with van der Waals surface area (Å²) < 4.78 is 5.52. The van der Waals surface area contributed by atoms with E-state index in [1.807, 2.05) is 48.5 Å². The first kappa shape index (κ1) is 23.7. The molecule has 1 aliphatic heterocycles. The van der Waals surface area contributed by atoms with Crippen molar-refractivity contribution in [3.8, 4) is 5.75 Å². The van der Waals surface area contributed by atoms with Crippen LogP contribution in [0.15, 0.2) is 84.9 Å². The van der Waals surface area contributed by atoms with Crippen LogP contribution in [-0.4, -0.2) is 18.9 Å². The average molecular weight is 518 g/mol. The fraction of sp³-hybridized carbons (Fsp3) is 0.0714. The van der Waals surface area contributed by atoms with E-state index >= 15 is 0 Å². The molecule has 2 amide bonds. The molecule has 0 fully saturated rings. The van der Waals surface area contributed by atoms with Crippen LogP contribution in [0.5, 0.6) is 5.75 Å². The van der Waals surface area contributed by atoms with Crippen LogP contribution in [0.1, 0.15) is 26.3 Å². The number of carbonyl (C=O) groups is 2. The number of nitrogens with zero attached hydrogens (tertiary/aromatic N) is 1. The number of ether oxygens (including phenoxy) is 1. The first-order valence-electron chi connectivity index (χ1n) is 11.2. The second-order valence-electron chi connectivity index (χ2n) is 8.11. The van der Waals surface area contributed by atoms with E-state index in [0.717, 1.165) is 22.6 Å². The molecule has 180 valence electrons. The van der Waals surface area contributed by atoms with E-state index in [-0.39, 0.29) is 21.5 Å². The fourth-order valence-electron chi connectivity index (χ4n) is 4.19. The third-order valence-corrected chi connectivity index (χ3v) is 6.57. The summed E-state index contributed by atoms with van der Waals surface area (Å²) in [6.45, 7) is 0.593. The molecule has 1 heterocycles. The van der Waals surface area contributed by atoms with Gasteiger partial charge in [0.15, 0.2) is 0 Å². The van der Waals surface area contributed by atoms with Gasteiger partial charge in [-0.05, 0) is 54.1 Å². The van der Waals surface area contributed by atoms with Gasteiger partial charge in [0.2, 0.25) is 0 Å². The first-order chi connectivity index (χ1) is 17.5. The van der Waals surface area contributed by atoms with Crippen molar-refractivity contribution in [2.75, 3.05) is 22.6 Å². The Kier molecular flexibility index (Phi) is 6.55. The summed E-state index contributed by atoms with van der Waals surface area (Å²) in [6.07, 6.45) is 0. The van der Waals surface area contributed by atoms with E-state index in [1.165, 1.54) is 7.11 Å². The molecule has 2 N–H and O–H groups in total. The number of halogens is 2. The maximum absolute atomic E-state index is 13.9. The van der Waals surface area contributed by atoms with Gasteiger partial charge in [0, 0.05) is 12.1 Å². The van der Waals surface area contributed by atoms with Gasteiger partial charge in [-0.1, -0.05) is 59.6 Å². The smallest absolute Gasteiger partial charge is 0.263 e. The fourth-order valence-corrected chi connectivity index (χ4v) is 4.76. The molecular formula is C28H21Cl2N3O3. The molecule has 0 atom stereocenters. The highest BCUT2D eigenvalue weighted by Crippen LogP contribution is 2.39. The van der Waals surface area contributed by atoms with Crippen LogP contribution in [0.25, 0.3) is 0 Å². The number of fused-ring (bicyclic) bond motifs is 2. The lowest BCUT2D eigenvalue weighted by Crippen LogP contribution is -2.26. The summed E-state index contributed by atoms with van der Waals surface area (Å²) in [5.74, 6) is -0.389. The lowest BCUT2D eigenvalue weighted by Gasteiger charge is -2.25. The van der Waals surface area contributed by atoms with Crippen LogP contribution in [0.3, 0.4) is 0 Å². The number of para-hydroxylation sites is 3. The summed E-state index contributed by atoms with van der Waals surface area (Å²) in [4.78, 5) is 28.5. The summed E-state index contributed by atoms with van der Waals surface area (Å²) >= 11 is 12.4. The van der Waals surface area contributed by atoms with Crippen LogP contribution in [0.4, 0.5) is 22.7 Å². The van der Waals surface area contributed by atoms with Gasteiger partial charge in [-0.2, -0.15) is 0 Å². The number of methoxy groups -OCH3 is 1. The molecule has 0 aromatic heterocycles. The number of amides is 2. The highest BCUT2D eigenvalue weighted by Gasteiger charge is 2.27. The summed E-state index contributed by atoms with van der Waals surface area (Å²) in [6, 6.07) is 25.2. The van der Waals surface area contributed by atoms with E-state index in [2.05, 4.69) is 10.6 Å². The molecular weight excluding hydrogens is 497 g/mol. The van der Waals surface area contributed by atoms with Crippen LogP contribution in [0.2, 0.25) is 10.0 Å². The molecule has 4 aromatic rings. The maximum atomic E-state index is 13.9. The summed E-state index contributed by atoms with van der Waals surface area (Å²) in [5.41, 5.74) is 4.33. The minimum atomic E-state index is -0.482. The number of nitrogens with one attached hydrogen (secondary N) is 2. The van der Waals surface area contributed by atoms with Crippen molar-refractivity contribution in [2.24, 2.45) is 0 Å². The minimum absolute atomic E-state index is 0.160. The highest BCUT2D eigenvalue weighted by molar-refractivity contribution is 6.40. The number of benzene rings is 4. The van der Waals surface area contributed by atoms with Crippen LogP contribution in [-0.2, 0) is 6.54 Å². The van der Waals surface area contributed by atoms with Crippen molar-refractivity contribution in [3.63, 3.8) is 0 Å². The Morgan fingerprint density at radius 2 is 1.58 bits per heavy atom. The zero-order valence-electron chi connectivity index (χ0n) is 19.2. The number of hydrogen-bond donors (Lipinski definition) is 2. The second kappa shape index (κ2) is 9.93. The SMILES string of the molecule is COc1cc(C(=O)N2c3ccccc3CNc3ccccc32)ccc1NC(=O)c1c(Cl)cccc1Cl. The van der Waals surface area contributed by atoms with E-state index in [0.29, 0.717) is 23.5 Å². The molecule has 0 radical (unpaired) electrons. The Morgan fingerprint density at radius 3 is 2.33 bits per heavy atom. The Labute approximate surface area is 218 Å². The first-order valence-corrected chi connectivity index (χ1v) is 11.9. The predicted molar refractivity (Wildman–Crippen MR) is 144 cm³/mol. The van der Waals surface area contributed by atoms with E-state index in [9.17, 15) is 9.59 Å². The molecule has 1 aliphatic rings. The molecule has 6 nitrogen and oxygen atoms in total. The van der Waals surface area contributed by atoms with Crippen LogP contribution in [0, 0.1) is 0 Å². The third-order valence-electron chi connectivity index (χ3n) is 5.94. The van der Waals surface area contributed by atoms with Gasteiger partial charge in [0.05, 0.1) is 45.5 Å². The molecule has 0 saturated heterocycles. The Hall–Kier alpha value is -4.00. The molecule has 8 heteroatoms. The standard InChI is InChI=1S/C28H21Cl2N3O3/c1-36-25-15-17(13-14-22(25)32-27(34)26-19(29)8-6-9-20(26)30)28(35)33-23-11-4-2-7-18(23)16-31-21-10-3-5-12-24(21)33/h2-15,31H,16H2,1H3,(H,32,34). The van der Waals surface area contributed by atoms with Crippen molar-refractivity contribution in [1.82, 2.24) is 0 Å². The van der Waals surface area contributed by atoms with Crippen molar-refractivity contribution in [3.05, 3.63) is 112 Å². The van der Waals surface area contributed by atoms with Gasteiger partial charge in [-0.3, -0.25) is 14.5 Å². The van der Waals surface area contributed by atoms with Crippen molar-refractivity contribution < 1.29 is 14.3 Å². The monoisotopic (exact) mass is 517 g/mol. The molecule has 0 aliphatic carbocycles. The molecule has 0 unspecified atom stereocenters. The van der Waals surface area contributed by atoms with Crippen molar-refractivity contribution in [1.29, 1.82) is 0 Å². The largest absolute Gasteiger partial charge is 0.495 e.